The third kappa shape index (κ3) is 2.08. The lowest BCUT2D eigenvalue weighted by Gasteiger charge is -2.28. The summed E-state index contributed by atoms with van der Waals surface area (Å²) >= 11 is 6.42. The molecule has 2 atom stereocenters. The van der Waals surface area contributed by atoms with Crippen LogP contribution in [0.3, 0.4) is 0 Å². The van der Waals surface area contributed by atoms with Crippen molar-refractivity contribution in [1.82, 2.24) is 0 Å². The minimum absolute atomic E-state index is 0.290. The Kier molecular flexibility index (Phi) is 3.09. The first-order valence-corrected chi connectivity index (χ1v) is 9.53. The second-order valence-corrected chi connectivity index (χ2v) is 7.52. The van der Waals surface area contributed by atoms with Crippen LogP contribution in [0.25, 0.3) is 21.9 Å². The molecule has 3 heteroatoms. The van der Waals surface area contributed by atoms with Gasteiger partial charge in [-0.15, -0.1) is 0 Å². The van der Waals surface area contributed by atoms with Crippen LogP contribution in [0.2, 0.25) is 5.02 Å². The summed E-state index contributed by atoms with van der Waals surface area (Å²) in [5.74, 6) is 0.381. The zero-order chi connectivity index (χ0) is 18.0. The molecule has 1 aliphatic carbocycles. The zero-order valence-corrected chi connectivity index (χ0v) is 15.2. The van der Waals surface area contributed by atoms with Crippen LogP contribution in [0, 0.1) is 0 Å². The van der Waals surface area contributed by atoms with Crippen LogP contribution in [0.5, 0.6) is 0 Å². The second kappa shape index (κ2) is 5.51. The van der Waals surface area contributed by atoms with E-state index in [4.69, 9.17) is 16.0 Å². The molecule has 2 aliphatic rings. The fraction of sp³-hybridized carbons (Fsp3) is 0.0833. The van der Waals surface area contributed by atoms with Crippen LogP contribution in [0.15, 0.2) is 89.4 Å². The van der Waals surface area contributed by atoms with Crippen molar-refractivity contribution in [3.8, 4) is 0 Å². The van der Waals surface area contributed by atoms with Crippen molar-refractivity contribution in [3.63, 3.8) is 0 Å². The number of furan rings is 1. The summed E-state index contributed by atoms with van der Waals surface area (Å²) in [6.07, 6.45) is 8.86. The normalized spacial score (nSPS) is 20.4. The van der Waals surface area contributed by atoms with Gasteiger partial charge in [0, 0.05) is 34.1 Å². The summed E-state index contributed by atoms with van der Waals surface area (Å²) in [7, 11) is 0. The number of anilines is 2. The highest BCUT2D eigenvalue weighted by Gasteiger charge is 2.37. The van der Waals surface area contributed by atoms with Crippen molar-refractivity contribution in [2.45, 2.75) is 12.0 Å². The van der Waals surface area contributed by atoms with Gasteiger partial charge >= 0.3 is 0 Å². The maximum Gasteiger partial charge on any atom is 0.137 e. The molecule has 130 valence electrons. The topological polar surface area (TPSA) is 16.4 Å². The first-order chi connectivity index (χ1) is 13.3. The lowest BCUT2D eigenvalue weighted by molar-refractivity contribution is 0.668. The Morgan fingerprint density at radius 3 is 2.70 bits per heavy atom. The van der Waals surface area contributed by atoms with Crippen molar-refractivity contribution in [2.24, 2.45) is 0 Å². The van der Waals surface area contributed by atoms with E-state index in [2.05, 4.69) is 71.7 Å². The van der Waals surface area contributed by atoms with Gasteiger partial charge in [-0.2, -0.15) is 0 Å². The fourth-order valence-electron chi connectivity index (χ4n) is 4.51. The number of benzene rings is 3. The standard InChI is InChI=1S/C24H16ClNO/c25-19-8-5-11-22-24(19)18-13-12-15(14-23(18)27-22)26-20-9-3-1-6-16(20)17-7-2-4-10-21(17)26/h1-14,16,20H. The van der Waals surface area contributed by atoms with Crippen LogP contribution in [-0.2, 0) is 0 Å². The van der Waals surface area contributed by atoms with E-state index in [1.807, 2.05) is 18.2 Å². The molecule has 0 bridgehead atoms. The highest BCUT2D eigenvalue weighted by molar-refractivity contribution is 6.37. The van der Waals surface area contributed by atoms with Crippen LogP contribution in [-0.4, -0.2) is 6.04 Å². The largest absolute Gasteiger partial charge is 0.456 e. The second-order valence-electron chi connectivity index (χ2n) is 7.11. The van der Waals surface area contributed by atoms with Crippen LogP contribution in [0.4, 0.5) is 11.4 Å². The number of rotatable bonds is 1. The monoisotopic (exact) mass is 369 g/mol. The Bertz CT molecular complexity index is 1270. The molecule has 0 saturated carbocycles. The summed E-state index contributed by atoms with van der Waals surface area (Å²) in [4.78, 5) is 2.41. The molecule has 0 saturated heterocycles. The quantitative estimate of drug-likeness (QED) is 0.360. The number of allylic oxidation sites excluding steroid dienone is 2. The lowest BCUT2D eigenvalue weighted by atomic mass is 9.91. The Balaban J connectivity index is 1.57. The maximum absolute atomic E-state index is 6.42. The van der Waals surface area contributed by atoms with E-state index in [0.717, 1.165) is 32.6 Å². The smallest absolute Gasteiger partial charge is 0.137 e. The van der Waals surface area contributed by atoms with Crippen LogP contribution in [0.1, 0.15) is 11.5 Å². The Morgan fingerprint density at radius 1 is 0.852 bits per heavy atom. The van der Waals surface area contributed by atoms with E-state index in [-0.39, 0.29) is 6.04 Å². The molecule has 2 nitrogen and oxygen atoms in total. The molecule has 2 heterocycles. The third-order valence-corrected chi connectivity index (χ3v) is 5.98. The van der Waals surface area contributed by atoms with Gasteiger partial charge < -0.3 is 9.32 Å². The molecular formula is C24H16ClNO. The maximum atomic E-state index is 6.42. The number of hydrogen-bond acceptors (Lipinski definition) is 2. The third-order valence-electron chi connectivity index (χ3n) is 5.67. The number of hydrogen-bond donors (Lipinski definition) is 0. The van der Waals surface area contributed by atoms with Gasteiger partial charge in [-0.25, -0.2) is 0 Å². The zero-order valence-electron chi connectivity index (χ0n) is 14.5. The van der Waals surface area contributed by atoms with Crippen molar-refractivity contribution < 1.29 is 4.42 Å². The Labute approximate surface area is 162 Å². The lowest BCUT2D eigenvalue weighted by Crippen LogP contribution is -2.28. The molecule has 0 amide bonds. The van der Waals surface area contributed by atoms with Gasteiger partial charge in [0.25, 0.3) is 0 Å². The van der Waals surface area contributed by atoms with Gasteiger partial charge in [0.05, 0.1) is 11.1 Å². The van der Waals surface area contributed by atoms with Gasteiger partial charge in [0.15, 0.2) is 0 Å². The van der Waals surface area contributed by atoms with Crippen LogP contribution < -0.4 is 4.90 Å². The highest BCUT2D eigenvalue weighted by Crippen LogP contribution is 2.48. The van der Waals surface area contributed by atoms with E-state index >= 15 is 0 Å². The molecule has 0 spiro atoms. The number of nitrogens with zero attached hydrogens (tertiary/aromatic N) is 1. The molecule has 1 aromatic heterocycles. The molecule has 0 N–H and O–H groups in total. The van der Waals surface area contributed by atoms with Gasteiger partial charge in [-0.05, 0) is 35.9 Å². The van der Waals surface area contributed by atoms with Gasteiger partial charge in [-0.3, -0.25) is 0 Å². The minimum atomic E-state index is 0.290. The van der Waals surface area contributed by atoms with E-state index in [1.165, 1.54) is 11.3 Å². The Hall–Kier alpha value is -2.97. The van der Waals surface area contributed by atoms with Crippen LogP contribution >= 0.6 is 11.6 Å². The summed E-state index contributed by atoms with van der Waals surface area (Å²) in [6, 6.07) is 21.2. The molecule has 0 fully saturated rings. The van der Waals surface area contributed by atoms with E-state index in [0.29, 0.717) is 5.92 Å². The molecule has 3 aromatic carbocycles. The molecule has 1 aliphatic heterocycles. The molecule has 27 heavy (non-hydrogen) atoms. The van der Waals surface area contributed by atoms with Crippen molar-refractivity contribution in [1.29, 1.82) is 0 Å². The molecule has 0 radical (unpaired) electrons. The average Bonchev–Trinajstić information content (AvgIpc) is 3.24. The first-order valence-electron chi connectivity index (χ1n) is 9.15. The van der Waals surface area contributed by atoms with E-state index < -0.39 is 0 Å². The van der Waals surface area contributed by atoms with Crippen molar-refractivity contribution in [3.05, 3.63) is 95.6 Å². The van der Waals surface area contributed by atoms with Crippen molar-refractivity contribution >= 4 is 44.9 Å². The summed E-state index contributed by atoms with van der Waals surface area (Å²) in [6.45, 7) is 0. The number of fused-ring (bicyclic) bond motifs is 6. The van der Waals surface area contributed by atoms with E-state index in [1.54, 1.807) is 0 Å². The number of halogens is 1. The summed E-state index contributed by atoms with van der Waals surface area (Å²) < 4.78 is 6.11. The average molecular weight is 370 g/mol. The summed E-state index contributed by atoms with van der Waals surface area (Å²) in [5.41, 5.74) is 5.47. The number of para-hydroxylation sites is 1. The fourth-order valence-corrected chi connectivity index (χ4v) is 4.78. The minimum Gasteiger partial charge on any atom is -0.456 e. The highest BCUT2D eigenvalue weighted by atomic mass is 35.5. The molecule has 2 unspecified atom stereocenters. The Morgan fingerprint density at radius 2 is 1.74 bits per heavy atom. The SMILES string of the molecule is Clc1cccc2oc3cc(N4c5ccccc5C5C=CC=CC54)ccc3c12. The molecule has 4 aromatic rings. The predicted molar refractivity (Wildman–Crippen MR) is 112 cm³/mol. The van der Waals surface area contributed by atoms with E-state index in [9.17, 15) is 0 Å². The van der Waals surface area contributed by atoms with Gasteiger partial charge in [0.2, 0.25) is 0 Å². The van der Waals surface area contributed by atoms with Gasteiger partial charge in [0.1, 0.15) is 11.2 Å². The first kappa shape index (κ1) is 15.1. The van der Waals surface area contributed by atoms with Crippen molar-refractivity contribution in [2.75, 3.05) is 4.90 Å². The predicted octanol–water partition coefficient (Wildman–Crippen LogP) is 6.97. The summed E-state index contributed by atoms with van der Waals surface area (Å²) in [5, 5.41) is 2.77. The molecular weight excluding hydrogens is 354 g/mol. The molecule has 6 rings (SSSR count). The van der Waals surface area contributed by atoms with Gasteiger partial charge in [-0.1, -0.05) is 60.2 Å².